The van der Waals surface area contributed by atoms with Crippen molar-refractivity contribution in [1.29, 1.82) is 0 Å². The molecule has 1 rings (SSSR count). The molecule has 40 valence electrons. The highest BCUT2D eigenvalue weighted by Crippen LogP contribution is 2.20. The zero-order chi connectivity index (χ0) is 5.11. The molecule has 0 aliphatic rings. The van der Waals surface area contributed by atoms with E-state index < -0.39 is 0 Å². The van der Waals surface area contributed by atoms with E-state index in [0.29, 0.717) is 0 Å². The van der Waals surface area contributed by atoms with Crippen LogP contribution in [0.15, 0.2) is 5.38 Å². The molecule has 0 aromatic carbocycles. The van der Waals surface area contributed by atoms with Crippen LogP contribution in [0, 0.1) is 6.92 Å². The van der Waals surface area contributed by atoms with Gasteiger partial charge in [0.15, 0.2) is 0 Å². The summed E-state index contributed by atoms with van der Waals surface area (Å²) in [6.07, 6.45) is 0. The molecule has 1 aromatic heterocycles. The largest absolute Gasteiger partial charge is 0.0760 e. The molecular weight excluding hydrogens is 164 g/mol. The minimum absolute atomic E-state index is 1.41. The highest BCUT2D eigenvalue weighted by atomic mass is 33.4. The summed E-state index contributed by atoms with van der Waals surface area (Å²) in [5.41, 5.74) is 0. The van der Waals surface area contributed by atoms with Gasteiger partial charge in [0.2, 0.25) is 0 Å². The van der Waals surface area contributed by atoms with Gasteiger partial charge in [-0.3, -0.25) is 0 Å². The maximum atomic E-state index is 2.17. The van der Waals surface area contributed by atoms with E-state index in [2.05, 4.69) is 12.3 Å². The summed E-state index contributed by atoms with van der Waals surface area (Å²) in [7, 11) is 7.29. The molecule has 0 N–H and O–H groups in total. The fraction of sp³-hybridized carbons (Fsp3) is 0.333. The molecule has 0 atom stereocenters. The van der Waals surface area contributed by atoms with Gasteiger partial charge in [-0.25, -0.2) is 0 Å². The molecule has 0 saturated carbocycles. The monoisotopic (exact) mass is 168 g/mol. The van der Waals surface area contributed by atoms with Crippen LogP contribution in [0.4, 0.5) is 0 Å². The zero-order valence-electron chi connectivity index (χ0n) is 3.71. The van der Waals surface area contributed by atoms with Gasteiger partial charge in [-0.2, -0.15) is 0 Å². The molecule has 0 spiro atoms. The summed E-state index contributed by atoms with van der Waals surface area (Å²) in [5.74, 6) is 0. The molecule has 7 heavy (non-hydrogen) atoms. The highest BCUT2D eigenvalue weighted by molar-refractivity contribution is 8.07. The Morgan fingerprint density at radius 2 is 2.29 bits per heavy atom. The number of hydrogen-bond donors (Lipinski definition) is 0. The Morgan fingerprint density at radius 3 is 2.57 bits per heavy atom. The van der Waals surface area contributed by atoms with Crippen LogP contribution in [0.2, 0.25) is 0 Å². The summed E-state index contributed by atoms with van der Waals surface area (Å²) in [5, 5.41) is 2.17. The maximum absolute atomic E-state index is 2.17. The van der Waals surface area contributed by atoms with Crippen LogP contribution in [-0.4, -0.2) is 0 Å². The molecule has 1 heterocycles. The van der Waals surface area contributed by atoms with E-state index in [4.69, 9.17) is 0 Å². The third-order valence-electron chi connectivity index (χ3n) is 0.447. The molecular formula is C3H4S4. The lowest BCUT2D eigenvalue weighted by molar-refractivity contribution is 1.67. The van der Waals surface area contributed by atoms with Gasteiger partial charge >= 0.3 is 0 Å². The molecule has 0 fully saturated rings. The second kappa shape index (κ2) is 2.81. The van der Waals surface area contributed by atoms with E-state index in [0.717, 1.165) is 0 Å². The van der Waals surface area contributed by atoms with Crippen LogP contribution < -0.4 is 0 Å². The van der Waals surface area contributed by atoms with Crippen LogP contribution >= 0.6 is 39.4 Å². The van der Waals surface area contributed by atoms with Crippen molar-refractivity contribution >= 4 is 39.4 Å². The first-order valence-electron chi connectivity index (χ1n) is 1.73. The topological polar surface area (TPSA) is 0 Å². The van der Waals surface area contributed by atoms with Gasteiger partial charge in [0.1, 0.15) is 0 Å². The normalized spacial score (nSPS) is 8.71. The van der Waals surface area contributed by atoms with Crippen LogP contribution in [0.25, 0.3) is 0 Å². The second-order valence-corrected chi connectivity index (χ2v) is 6.90. The van der Waals surface area contributed by atoms with Crippen molar-refractivity contribution in [2.75, 3.05) is 0 Å². The van der Waals surface area contributed by atoms with Gasteiger partial charge < -0.3 is 0 Å². The summed E-state index contributed by atoms with van der Waals surface area (Å²) in [6.45, 7) is 2.13. The van der Waals surface area contributed by atoms with Gasteiger partial charge in [0, 0.05) is 10.3 Å². The van der Waals surface area contributed by atoms with Crippen molar-refractivity contribution < 1.29 is 0 Å². The SMILES string of the molecule is Cc1cssss1. The summed E-state index contributed by atoms with van der Waals surface area (Å²) >= 11 is 0. The van der Waals surface area contributed by atoms with Gasteiger partial charge in [0.25, 0.3) is 0 Å². The fourth-order valence-electron chi connectivity index (χ4n) is 0.191. The van der Waals surface area contributed by atoms with Crippen LogP contribution in [0.3, 0.4) is 0 Å². The Kier molecular flexibility index (Phi) is 2.31. The third kappa shape index (κ3) is 1.90. The fourth-order valence-corrected chi connectivity index (χ4v) is 5.90. The lowest BCUT2D eigenvalue weighted by Gasteiger charge is -1.78. The van der Waals surface area contributed by atoms with Crippen molar-refractivity contribution in [2.24, 2.45) is 0 Å². The van der Waals surface area contributed by atoms with Gasteiger partial charge in [-0.1, -0.05) is 20.7 Å². The van der Waals surface area contributed by atoms with E-state index in [-0.39, 0.29) is 0 Å². The summed E-state index contributed by atoms with van der Waals surface area (Å²) in [6, 6.07) is 0. The molecule has 4 heteroatoms. The van der Waals surface area contributed by atoms with E-state index in [1.165, 1.54) is 4.88 Å². The van der Waals surface area contributed by atoms with Crippen molar-refractivity contribution in [3.63, 3.8) is 0 Å². The van der Waals surface area contributed by atoms with Crippen molar-refractivity contribution in [3.05, 3.63) is 10.3 Å². The Hall–Kier alpha value is 0.620. The molecule has 0 nitrogen and oxygen atoms in total. The predicted molar refractivity (Wildman–Crippen MR) is 40.3 cm³/mol. The van der Waals surface area contributed by atoms with Crippen LogP contribution in [0.1, 0.15) is 4.88 Å². The average Bonchev–Trinajstić information content (AvgIpc) is 1.69. The molecule has 0 bridgehead atoms. The summed E-state index contributed by atoms with van der Waals surface area (Å²) in [4.78, 5) is 1.41. The number of aryl methyl sites for hydroxylation is 1. The predicted octanol–water partition coefficient (Wildman–Crippen LogP) is 3.37. The van der Waals surface area contributed by atoms with Gasteiger partial charge in [-0.05, 0) is 25.6 Å². The van der Waals surface area contributed by atoms with E-state index in [1.54, 1.807) is 10.3 Å². The first-order chi connectivity index (χ1) is 3.39. The minimum atomic E-state index is 1.41. The Morgan fingerprint density at radius 1 is 1.43 bits per heavy atom. The maximum Gasteiger partial charge on any atom is 0.0236 e. The van der Waals surface area contributed by atoms with Crippen LogP contribution in [-0.2, 0) is 0 Å². The Balaban J connectivity index is 3.02. The molecule has 0 saturated heterocycles. The smallest absolute Gasteiger partial charge is 0.0236 e. The molecule has 0 unspecified atom stereocenters. The first kappa shape index (κ1) is 5.75. The van der Waals surface area contributed by atoms with Gasteiger partial charge in [-0.15, -0.1) is 0 Å². The lowest BCUT2D eigenvalue weighted by atomic mass is 10.7. The van der Waals surface area contributed by atoms with Gasteiger partial charge in [0.05, 0.1) is 0 Å². The zero-order valence-corrected chi connectivity index (χ0v) is 6.98. The first-order valence-corrected chi connectivity index (χ1v) is 6.61. The molecule has 0 aliphatic heterocycles. The number of hydrogen-bond acceptors (Lipinski definition) is 4. The third-order valence-corrected chi connectivity index (χ3v) is 6.63. The average molecular weight is 168 g/mol. The van der Waals surface area contributed by atoms with Crippen molar-refractivity contribution in [3.8, 4) is 0 Å². The van der Waals surface area contributed by atoms with E-state index in [9.17, 15) is 0 Å². The molecule has 0 radical (unpaired) electrons. The second-order valence-electron chi connectivity index (χ2n) is 1.04. The molecule has 0 amide bonds. The van der Waals surface area contributed by atoms with E-state index >= 15 is 0 Å². The lowest BCUT2D eigenvalue weighted by Crippen LogP contribution is -1.47. The minimum Gasteiger partial charge on any atom is -0.0760 e. The molecule has 1 aromatic rings. The van der Waals surface area contributed by atoms with Crippen molar-refractivity contribution in [2.45, 2.75) is 6.92 Å². The Labute approximate surface area is 56.5 Å². The standard InChI is InChI=1S/C3H4S4/c1-3-2-4-6-7-5-3/h2H,1H3. The molecule has 0 aliphatic carbocycles. The van der Waals surface area contributed by atoms with Crippen molar-refractivity contribution in [1.82, 2.24) is 0 Å². The summed E-state index contributed by atoms with van der Waals surface area (Å²) < 4.78 is 0. The quantitative estimate of drug-likeness (QED) is 0.521. The highest BCUT2D eigenvalue weighted by Gasteiger charge is 1.76. The Bertz CT molecular complexity index is 137. The van der Waals surface area contributed by atoms with Crippen LogP contribution in [0.5, 0.6) is 0 Å². The number of rotatable bonds is 0. The van der Waals surface area contributed by atoms with E-state index in [1.807, 2.05) is 29.0 Å².